The second-order valence-electron chi connectivity index (χ2n) is 8.75. The fourth-order valence-electron chi connectivity index (χ4n) is 4.10. The smallest absolute Gasteiger partial charge is 0.262 e. The zero-order chi connectivity index (χ0) is 28.5. The first-order chi connectivity index (χ1) is 19.4. The fraction of sp³-hybridized carbons (Fsp3) is 0.188. The fourth-order valence-corrected chi connectivity index (χ4v) is 4.54. The first kappa shape index (κ1) is 28.5. The standard InChI is InChI=1S/C32H29BrN2O5/c1-4-39-30-15-25(14-26(18-34)32(36)35-19-24-11-12-27(37-2)16-29(24)38-3)28(33)17-31(30)40-20-21-9-10-22-7-5-6-8-23(22)13-21/h5-17H,4,19-20H2,1-3H3,(H,35,36)/b26-14+. The minimum Gasteiger partial charge on any atom is -0.497 e. The van der Waals surface area contributed by atoms with Crippen molar-refractivity contribution < 1.29 is 23.7 Å². The molecule has 0 aliphatic carbocycles. The quantitative estimate of drug-likeness (QED) is 0.150. The second kappa shape index (κ2) is 13.5. The largest absolute Gasteiger partial charge is 0.497 e. The Labute approximate surface area is 242 Å². The summed E-state index contributed by atoms with van der Waals surface area (Å²) in [6.45, 7) is 2.84. The van der Waals surface area contributed by atoms with Crippen molar-refractivity contribution in [3.8, 4) is 29.1 Å². The van der Waals surface area contributed by atoms with Gasteiger partial charge < -0.3 is 24.3 Å². The maximum absolute atomic E-state index is 12.9. The average molecular weight is 601 g/mol. The first-order valence-electron chi connectivity index (χ1n) is 12.6. The summed E-state index contributed by atoms with van der Waals surface area (Å²) in [5.74, 6) is 1.77. The Hall–Kier alpha value is -4.48. The van der Waals surface area contributed by atoms with Crippen LogP contribution in [0.5, 0.6) is 23.0 Å². The molecule has 0 heterocycles. The highest BCUT2D eigenvalue weighted by Crippen LogP contribution is 2.35. The van der Waals surface area contributed by atoms with E-state index >= 15 is 0 Å². The number of carbonyl (C=O) groups is 1. The molecule has 0 atom stereocenters. The summed E-state index contributed by atoms with van der Waals surface area (Å²) in [5.41, 5.74) is 2.33. The third kappa shape index (κ3) is 6.93. The average Bonchev–Trinajstić information content (AvgIpc) is 2.98. The molecule has 1 N–H and O–H groups in total. The summed E-state index contributed by atoms with van der Waals surface area (Å²) in [6.07, 6.45) is 1.51. The summed E-state index contributed by atoms with van der Waals surface area (Å²) in [5, 5.41) is 14.8. The summed E-state index contributed by atoms with van der Waals surface area (Å²) >= 11 is 3.56. The highest BCUT2D eigenvalue weighted by atomic mass is 79.9. The van der Waals surface area contributed by atoms with Crippen LogP contribution in [0.3, 0.4) is 0 Å². The minimum atomic E-state index is -0.512. The van der Waals surface area contributed by atoms with Crippen LogP contribution >= 0.6 is 15.9 Å². The normalized spacial score (nSPS) is 11.0. The summed E-state index contributed by atoms with van der Waals surface area (Å²) < 4.78 is 23.2. The van der Waals surface area contributed by atoms with Crippen molar-refractivity contribution in [1.82, 2.24) is 5.32 Å². The molecule has 0 aliphatic heterocycles. The highest BCUT2D eigenvalue weighted by molar-refractivity contribution is 9.10. The van der Waals surface area contributed by atoms with Crippen molar-refractivity contribution in [3.63, 3.8) is 0 Å². The Morgan fingerprint density at radius 1 is 0.925 bits per heavy atom. The molecule has 0 aliphatic rings. The third-order valence-electron chi connectivity index (χ3n) is 6.17. The van der Waals surface area contributed by atoms with Crippen molar-refractivity contribution in [2.45, 2.75) is 20.1 Å². The van der Waals surface area contributed by atoms with Crippen LogP contribution in [0.25, 0.3) is 16.8 Å². The molecule has 4 aromatic carbocycles. The first-order valence-corrected chi connectivity index (χ1v) is 13.4. The molecule has 8 heteroatoms. The van der Waals surface area contributed by atoms with Gasteiger partial charge >= 0.3 is 0 Å². The van der Waals surface area contributed by atoms with E-state index in [1.165, 1.54) is 11.5 Å². The van der Waals surface area contributed by atoms with Crippen LogP contribution in [0.4, 0.5) is 0 Å². The number of nitriles is 1. The monoisotopic (exact) mass is 600 g/mol. The number of hydrogen-bond donors (Lipinski definition) is 1. The molecule has 0 unspecified atom stereocenters. The molecule has 0 bridgehead atoms. The number of methoxy groups -OCH3 is 2. The van der Waals surface area contributed by atoms with Gasteiger partial charge in [0.15, 0.2) is 11.5 Å². The Bertz CT molecular complexity index is 1590. The van der Waals surface area contributed by atoms with E-state index in [9.17, 15) is 10.1 Å². The van der Waals surface area contributed by atoms with E-state index in [4.69, 9.17) is 18.9 Å². The predicted molar refractivity (Wildman–Crippen MR) is 159 cm³/mol. The summed E-state index contributed by atoms with van der Waals surface area (Å²) in [4.78, 5) is 12.9. The second-order valence-corrected chi connectivity index (χ2v) is 9.61. The van der Waals surface area contributed by atoms with Crippen LogP contribution in [0, 0.1) is 11.3 Å². The molecule has 0 saturated carbocycles. The lowest BCUT2D eigenvalue weighted by Gasteiger charge is -2.15. The topological polar surface area (TPSA) is 89.8 Å². The minimum absolute atomic E-state index is 0.0551. The maximum atomic E-state index is 12.9. The number of halogens is 1. The van der Waals surface area contributed by atoms with Gasteiger partial charge in [0.25, 0.3) is 5.91 Å². The predicted octanol–water partition coefficient (Wildman–Crippen LogP) is 6.82. The van der Waals surface area contributed by atoms with E-state index in [0.717, 1.165) is 16.5 Å². The Balaban J connectivity index is 1.51. The van der Waals surface area contributed by atoms with Crippen LogP contribution in [0.2, 0.25) is 0 Å². The van der Waals surface area contributed by atoms with Crippen LogP contribution in [0.15, 0.2) is 82.8 Å². The number of amides is 1. The molecule has 7 nitrogen and oxygen atoms in total. The number of nitrogens with one attached hydrogen (secondary N) is 1. The van der Waals surface area contributed by atoms with Crippen LogP contribution in [0.1, 0.15) is 23.6 Å². The van der Waals surface area contributed by atoms with Gasteiger partial charge in [0.2, 0.25) is 0 Å². The zero-order valence-electron chi connectivity index (χ0n) is 22.5. The number of rotatable bonds is 11. The number of carbonyl (C=O) groups excluding carboxylic acids is 1. The Kier molecular flexibility index (Phi) is 9.66. The van der Waals surface area contributed by atoms with E-state index in [2.05, 4.69) is 45.5 Å². The molecule has 204 valence electrons. The number of nitrogens with zero attached hydrogens (tertiary/aromatic N) is 1. The number of hydrogen-bond acceptors (Lipinski definition) is 6. The van der Waals surface area contributed by atoms with E-state index in [1.54, 1.807) is 44.6 Å². The van der Waals surface area contributed by atoms with E-state index in [1.807, 2.05) is 31.2 Å². The third-order valence-corrected chi connectivity index (χ3v) is 6.86. The molecule has 0 radical (unpaired) electrons. The van der Waals surface area contributed by atoms with Gasteiger partial charge in [0, 0.05) is 22.6 Å². The SMILES string of the molecule is CCOc1cc(/C=C(\C#N)C(=O)NCc2ccc(OC)cc2OC)c(Br)cc1OCc1ccc2ccccc2c1. The molecular weight excluding hydrogens is 572 g/mol. The van der Waals surface area contributed by atoms with E-state index < -0.39 is 5.91 Å². The molecule has 4 rings (SSSR count). The summed E-state index contributed by atoms with van der Waals surface area (Å²) in [6, 6.07) is 25.2. The van der Waals surface area contributed by atoms with Crippen molar-refractivity contribution in [2.24, 2.45) is 0 Å². The van der Waals surface area contributed by atoms with Gasteiger partial charge in [-0.15, -0.1) is 0 Å². The van der Waals surface area contributed by atoms with E-state index in [0.29, 0.717) is 46.2 Å². The molecule has 0 aromatic heterocycles. The zero-order valence-corrected chi connectivity index (χ0v) is 24.1. The molecular formula is C32H29BrN2O5. The van der Waals surface area contributed by atoms with Crippen LogP contribution in [-0.4, -0.2) is 26.7 Å². The molecule has 0 spiro atoms. The maximum Gasteiger partial charge on any atom is 0.262 e. The molecule has 4 aromatic rings. The Morgan fingerprint density at radius 2 is 1.70 bits per heavy atom. The van der Waals surface area contributed by atoms with Crippen LogP contribution in [-0.2, 0) is 17.9 Å². The van der Waals surface area contributed by atoms with Gasteiger partial charge in [-0.05, 0) is 65.2 Å². The number of benzene rings is 4. The highest BCUT2D eigenvalue weighted by Gasteiger charge is 2.15. The number of fused-ring (bicyclic) bond motifs is 1. The summed E-state index contributed by atoms with van der Waals surface area (Å²) in [7, 11) is 3.11. The molecule has 0 fully saturated rings. The van der Waals surface area contributed by atoms with Crippen molar-refractivity contribution in [2.75, 3.05) is 20.8 Å². The van der Waals surface area contributed by atoms with Crippen molar-refractivity contribution in [3.05, 3.63) is 99.5 Å². The lowest BCUT2D eigenvalue weighted by Crippen LogP contribution is -2.24. The van der Waals surface area contributed by atoms with Gasteiger partial charge in [0.05, 0.1) is 20.8 Å². The van der Waals surface area contributed by atoms with Crippen molar-refractivity contribution >= 4 is 38.7 Å². The van der Waals surface area contributed by atoms with Crippen molar-refractivity contribution in [1.29, 1.82) is 5.26 Å². The number of ether oxygens (including phenoxy) is 4. The van der Waals surface area contributed by atoms with Gasteiger partial charge in [-0.3, -0.25) is 4.79 Å². The van der Waals surface area contributed by atoms with Crippen LogP contribution < -0.4 is 24.3 Å². The lowest BCUT2D eigenvalue weighted by atomic mass is 10.1. The molecule has 0 saturated heterocycles. The van der Waals surface area contributed by atoms with Gasteiger partial charge in [-0.1, -0.05) is 52.3 Å². The Morgan fingerprint density at radius 3 is 2.42 bits per heavy atom. The lowest BCUT2D eigenvalue weighted by molar-refractivity contribution is -0.117. The van der Waals surface area contributed by atoms with Gasteiger partial charge in [-0.25, -0.2) is 0 Å². The van der Waals surface area contributed by atoms with Gasteiger partial charge in [-0.2, -0.15) is 5.26 Å². The van der Waals surface area contributed by atoms with Gasteiger partial charge in [0.1, 0.15) is 29.7 Å². The molecule has 1 amide bonds. The van der Waals surface area contributed by atoms with E-state index in [-0.39, 0.29) is 12.1 Å². The molecule has 40 heavy (non-hydrogen) atoms.